The van der Waals surface area contributed by atoms with E-state index in [-0.39, 0.29) is 0 Å². The van der Waals surface area contributed by atoms with E-state index in [1.807, 2.05) is 0 Å². The van der Waals surface area contributed by atoms with Gasteiger partial charge in [0.25, 0.3) is 0 Å². The third kappa shape index (κ3) is 5.30. The normalized spacial score (nSPS) is 23.8. The van der Waals surface area contributed by atoms with Crippen molar-refractivity contribution in [1.29, 1.82) is 0 Å². The van der Waals surface area contributed by atoms with Gasteiger partial charge in [-0.1, -0.05) is 33.1 Å². The summed E-state index contributed by atoms with van der Waals surface area (Å²) in [5.74, 6) is 0.868. The standard InChI is InChI=1S/C12H24O/c1-11(2)7-3-4-8-12-9-5-6-10-13-12/h11-12H,3-10H2,1-2H3. The van der Waals surface area contributed by atoms with Crippen LogP contribution in [0, 0.1) is 5.92 Å². The lowest BCUT2D eigenvalue weighted by Crippen LogP contribution is -2.18. The number of unbranched alkanes of at least 4 members (excludes halogenated alkanes) is 1. The summed E-state index contributed by atoms with van der Waals surface area (Å²) in [4.78, 5) is 0. The molecule has 0 N–H and O–H groups in total. The molecular formula is C12H24O. The van der Waals surface area contributed by atoms with Crippen molar-refractivity contribution in [3.05, 3.63) is 0 Å². The largest absolute Gasteiger partial charge is 0.378 e. The maximum atomic E-state index is 5.68. The Bertz CT molecular complexity index is 114. The highest BCUT2D eigenvalue weighted by Gasteiger charge is 2.12. The van der Waals surface area contributed by atoms with Gasteiger partial charge in [-0.15, -0.1) is 0 Å². The SMILES string of the molecule is CC(C)CCCCC1CCCCO1. The Kier molecular flexibility index (Phi) is 5.45. The molecule has 0 spiro atoms. The van der Waals surface area contributed by atoms with Crippen LogP contribution in [-0.4, -0.2) is 12.7 Å². The molecule has 0 bridgehead atoms. The molecular weight excluding hydrogens is 160 g/mol. The molecule has 0 aromatic carbocycles. The van der Waals surface area contributed by atoms with Crippen LogP contribution in [0.25, 0.3) is 0 Å². The zero-order chi connectivity index (χ0) is 9.52. The van der Waals surface area contributed by atoms with Crippen LogP contribution < -0.4 is 0 Å². The van der Waals surface area contributed by atoms with E-state index in [1.165, 1.54) is 44.9 Å². The molecule has 0 amide bonds. The first-order valence-electron chi connectivity index (χ1n) is 5.90. The van der Waals surface area contributed by atoms with E-state index >= 15 is 0 Å². The van der Waals surface area contributed by atoms with Crippen molar-refractivity contribution in [3.8, 4) is 0 Å². The van der Waals surface area contributed by atoms with Gasteiger partial charge in [0.05, 0.1) is 6.10 Å². The topological polar surface area (TPSA) is 9.23 Å². The van der Waals surface area contributed by atoms with Gasteiger partial charge in [-0.3, -0.25) is 0 Å². The maximum absolute atomic E-state index is 5.68. The van der Waals surface area contributed by atoms with Crippen molar-refractivity contribution >= 4 is 0 Å². The first-order valence-corrected chi connectivity index (χ1v) is 5.90. The first-order chi connectivity index (χ1) is 6.29. The van der Waals surface area contributed by atoms with Crippen LogP contribution in [0.1, 0.15) is 58.8 Å². The molecule has 0 saturated carbocycles. The molecule has 0 aromatic heterocycles. The molecule has 1 saturated heterocycles. The molecule has 1 unspecified atom stereocenters. The molecule has 0 aromatic rings. The van der Waals surface area contributed by atoms with Crippen LogP contribution in [0.2, 0.25) is 0 Å². The lowest BCUT2D eigenvalue weighted by atomic mass is 10.0. The summed E-state index contributed by atoms with van der Waals surface area (Å²) in [6, 6.07) is 0. The minimum atomic E-state index is 0.598. The lowest BCUT2D eigenvalue weighted by molar-refractivity contribution is 0.00967. The van der Waals surface area contributed by atoms with Crippen molar-refractivity contribution in [3.63, 3.8) is 0 Å². The Balaban J connectivity index is 1.92. The van der Waals surface area contributed by atoms with E-state index in [4.69, 9.17) is 4.74 Å². The number of ether oxygens (including phenoxy) is 1. The zero-order valence-electron chi connectivity index (χ0n) is 9.22. The Hall–Kier alpha value is -0.0400. The van der Waals surface area contributed by atoms with Crippen LogP contribution in [0.3, 0.4) is 0 Å². The molecule has 1 heterocycles. The third-order valence-corrected chi connectivity index (χ3v) is 2.83. The van der Waals surface area contributed by atoms with E-state index in [0.717, 1.165) is 12.5 Å². The summed E-state index contributed by atoms with van der Waals surface area (Å²) < 4.78 is 5.68. The highest BCUT2D eigenvalue weighted by molar-refractivity contribution is 4.63. The fourth-order valence-corrected chi connectivity index (χ4v) is 1.96. The second-order valence-corrected chi connectivity index (χ2v) is 4.67. The Morgan fingerprint density at radius 1 is 1.23 bits per heavy atom. The molecule has 1 atom stereocenters. The lowest BCUT2D eigenvalue weighted by Gasteiger charge is -2.22. The average Bonchev–Trinajstić information content (AvgIpc) is 2.14. The van der Waals surface area contributed by atoms with Gasteiger partial charge in [-0.05, 0) is 31.6 Å². The van der Waals surface area contributed by atoms with Gasteiger partial charge in [-0.25, -0.2) is 0 Å². The predicted molar refractivity (Wildman–Crippen MR) is 56.9 cm³/mol. The van der Waals surface area contributed by atoms with E-state index in [2.05, 4.69) is 13.8 Å². The zero-order valence-corrected chi connectivity index (χ0v) is 9.22. The molecule has 0 aliphatic carbocycles. The summed E-state index contributed by atoms with van der Waals surface area (Å²) in [5, 5.41) is 0. The van der Waals surface area contributed by atoms with Gasteiger partial charge in [0.15, 0.2) is 0 Å². The van der Waals surface area contributed by atoms with E-state index in [0.29, 0.717) is 6.10 Å². The fourth-order valence-electron chi connectivity index (χ4n) is 1.96. The van der Waals surface area contributed by atoms with Gasteiger partial charge >= 0.3 is 0 Å². The molecule has 1 aliphatic heterocycles. The highest BCUT2D eigenvalue weighted by Crippen LogP contribution is 2.18. The molecule has 1 aliphatic rings. The summed E-state index contributed by atoms with van der Waals surface area (Å²) in [5.41, 5.74) is 0. The average molecular weight is 184 g/mol. The van der Waals surface area contributed by atoms with Crippen LogP contribution in [-0.2, 0) is 4.74 Å². The van der Waals surface area contributed by atoms with Crippen LogP contribution in [0.15, 0.2) is 0 Å². The van der Waals surface area contributed by atoms with Crippen molar-refractivity contribution in [2.45, 2.75) is 64.9 Å². The molecule has 0 radical (unpaired) electrons. The number of hydrogen-bond acceptors (Lipinski definition) is 1. The van der Waals surface area contributed by atoms with Crippen molar-refractivity contribution < 1.29 is 4.74 Å². The van der Waals surface area contributed by atoms with Gasteiger partial charge in [0.2, 0.25) is 0 Å². The second kappa shape index (κ2) is 6.42. The second-order valence-electron chi connectivity index (χ2n) is 4.67. The molecule has 13 heavy (non-hydrogen) atoms. The summed E-state index contributed by atoms with van der Waals surface area (Å²) in [7, 11) is 0. The summed E-state index contributed by atoms with van der Waals surface area (Å²) in [6.45, 7) is 5.61. The van der Waals surface area contributed by atoms with Crippen LogP contribution in [0.4, 0.5) is 0 Å². The van der Waals surface area contributed by atoms with Crippen LogP contribution >= 0.6 is 0 Å². The van der Waals surface area contributed by atoms with E-state index in [1.54, 1.807) is 0 Å². The van der Waals surface area contributed by atoms with Gasteiger partial charge in [-0.2, -0.15) is 0 Å². The molecule has 1 rings (SSSR count). The summed E-state index contributed by atoms with van der Waals surface area (Å²) in [6.07, 6.45) is 10.00. The summed E-state index contributed by atoms with van der Waals surface area (Å²) >= 11 is 0. The minimum Gasteiger partial charge on any atom is -0.378 e. The Labute approximate surface area is 82.9 Å². The fraction of sp³-hybridized carbons (Fsp3) is 1.00. The van der Waals surface area contributed by atoms with E-state index in [9.17, 15) is 0 Å². The van der Waals surface area contributed by atoms with Gasteiger partial charge in [0, 0.05) is 6.61 Å². The quantitative estimate of drug-likeness (QED) is 0.591. The maximum Gasteiger partial charge on any atom is 0.0575 e. The number of hydrogen-bond donors (Lipinski definition) is 0. The predicted octanol–water partition coefficient (Wildman–Crippen LogP) is 3.77. The Morgan fingerprint density at radius 2 is 2.08 bits per heavy atom. The van der Waals surface area contributed by atoms with Crippen molar-refractivity contribution in [1.82, 2.24) is 0 Å². The molecule has 1 heteroatoms. The molecule has 1 nitrogen and oxygen atoms in total. The Morgan fingerprint density at radius 3 is 2.69 bits per heavy atom. The van der Waals surface area contributed by atoms with Gasteiger partial charge < -0.3 is 4.74 Å². The monoisotopic (exact) mass is 184 g/mol. The smallest absolute Gasteiger partial charge is 0.0575 e. The first kappa shape index (κ1) is 11.0. The van der Waals surface area contributed by atoms with Gasteiger partial charge in [0.1, 0.15) is 0 Å². The minimum absolute atomic E-state index is 0.598. The van der Waals surface area contributed by atoms with Crippen LogP contribution in [0.5, 0.6) is 0 Å². The van der Waals surface area contributed by atoms with Crippen molar-refractivity contribution in [2.75, 3.05) is 6.61 Å². The van der Waals surface area contributed by atoms with Crippen molar-refractivity contribution in [2.24, 2.45) is 5.92 Å². The molecule has 1 fully saturated rings. The third-order valence-electron chi connectivity index (χ3n) is 2.83. The number of rotatable bonds is 5. The highest BCUT2D eigenvalue weighted by atomic mass is 16.5. The van der Waals surface area contributed by atoms with E-state index < -0.39 is 0 Å². The molecule has 78 valence electrons.